The number of aliphatic carboxylic acids is 1. The Bertz CT molecular complexity index is 2220. The predicted molar refractivity (Wildman–Crippen MR) is 228 cm³/mol. The molecule has 4 aromatic carbocycles. The lowest BCUT2D eigenvalue weighted by Gasteiger charge is -2.42. The number of carboxylic acids is 1. The fourth-order valence-electron chi connectivity index (χ4n) is 7.41. The topological polar surface area (TPSA) is 258 Å². The van der Waals surface area contributed by atoms with Crippen LogP contribution in [0.25, 0.3) is 10.8 Å². The van der Waals surface area contributed by atoms with Crippen LogP contribution < -0.4 is 27.0 Å². The van der Waals surface area contributed by atoms with Gasteiger partial charge in [-0.1, -0.05) is 97.1 Å². The van der Waals surface area contributed by atoms with Crippen molar-refractivity contribution in [1.29, 1.82) is 0 Å². The number of urea groups is 1. The van der Waals surface area contributed by atoms with E-state index >= 15 is 0 Å². The zero-order chi connectivity index (χ0) is 44.0. The van der Waals surface area contributed by atoms with E-state index in [1.54, 1.807) is 12.1 Å². The summed E-state index contributed by atoms with van der Waals surface area (Å²) in [6.45, 7) is 0.600. The molecule has 1 heterocycles. The molecular formula is C44H53N6O10P. The number of nitrogens with two attached hydrogens (primary N) is 1. The number of carbonyl (C=O) groups excluding carboxylic acids is 5. The molecule has 1 aliphatic rings. The molecule has 1 aliphatic heterocycles. The van der Waals surface area contributed by atoms with Crippen LogP contribution in [0.1, 0.15) is 54.4 Å². The van der Waals surface area contributed by atoms with Crippen LogP contribution in [0.2, 0.25) is 0 Å². The van der Waals surface area contributed by atoms with Gasteiger partial charge in [0.25, 0.3) is 0 Å². The van der Waals surface area contributed by atoms with E-state index in [0.717, 1.165) is 21.9 Å². The lowest BCUT2D eigenvalue weighted by atomic mass is 9.84. The van der Waals surface area contributed by atoms with Crippen molar-refractivity contribution < 1.29 is 48.2 Å². The van der Waals surface area contributed by atoms with Crippen molar-refractivity contribution in [1.82, 2.24) is 26.2 Å². The van der Waals surface area contributed by atoms with Gasteiger partial charge in [-0.3, -0.25) is 28.5 Å². The summed E-state index contributed by atoms with van der Waals surface area (Å²) >= 11 is 0. The third-order valence-electron chi connectivity index (χ3n) is 10.7. The molecule has 6 amide bonds. The first kappa shape index (κ1) is 46.0. The van der Waals surface area contributed by atoms with Crippen LogP contribution in [-0.2, 0) is 54.0 Å². The van der Waals surface area contributed by atoms with E-state index < -0.39 is 73.7 Å². The number of aryl methyl sites for hydroxylation is 1. The maximum absolute atomic E-state index is 14.4. The van der Waals surface area contributed by atoms with Crippen molar-refractivity contribution >= 4 is 54.0 Å². The molecule has 9 N–H and O–H groups in total. The Labute approximate surface area is 353 Å². The minimum Gasteiger partial charge on any atom is -0.481 e. The Hall–Kier alpha value is -6.09. The first-order valence-electron chi connectivity index (χ1n) is 20.2. The molecular weight excluding hydrogens is 803 g/mol. The van der Waals surface area contributed by atoms with Gasteiger partial charge in [-0.2, -0.15) is 0 Å². The van der Waals surface area contributed by atoms with Gasteiger partial charge >= 0.3 is 19.6 Å². The summed E-state index contributed by atoms with van der Waals surface area (Å²) in [6, 6.07) is 27.9. The van der Waals surface area contributed by atoms with Crippen molar-refractivity contribution in [2.24, 2.45) is 11.7 Å². The zero-order valence-electron chi connectivity index (χ0n) is 33.8. The number of benzene rings is 4. The van der Waals surface area contributed by atoms with Gasteiger partial charge in [0, 0.05) is 26.2 Å². The number of piperidine rings is 1. The first-order valence-corrected chi connectivity index (χ1v) is 22.0. The predicted octanol–water partition coefficient (Wildman–Crippen LogP) is 3.16. The molecule has 17 heteroatoms. The quantitative estimate of drug-likeness (QED) is 0.0476. The summed E-state index contributed by atoms with van der Waals surface area (Å²) < 4.78 is 11.5. The third-order valence-corrected chi connectivity index (χ3v) is 11.5. The van der Waals surface area contributed by atoms with Gasteiger partial charge in [-0.25, -0.2) is 4.79 Å². The fourth-order valence-corrected chi connectivity index (χ4v) is 8.09. The monoisotopic (exact) mass is 856 g/mol. The maximum Gasteiger partial charge on any atom is 0.329 e. The minimum atomic E-state index is -4.34. The Morgan fingerprint density at radius 1 is 0.721 bits per heavy atom. The van der Waals surface area contributed by atoms with E-state index in [0.29, 0.717) is 36.9 Å². The van der Waals surface area contributed by atoms with E-state index in [4.69, 9.17) is 5.73 Å². The van der Waals surface area contributed by atoms with Crippen LogP contribution in [0.15, 0.2) is 97.1 Å². The zero-order valence-corrected chi connectivity index (χ0v) is 34.7. The van der Waals surface area contributed by atoms with E-state index in [9.17, 15) is 48.2 Å². The summed E-state index contributed by atoms with van der Waals surface area (Å²) in [5, 5.41) is 23.0. The molecule has 2 atom stereocenters. The largest absolute Gasteiger partial charge is 0.481 e. The van der Waals surface area contributed by atoms with Crippen molar-refractivity contribution in [3.05, 3.63) is 119 Å². The molecule has 16 nitrogen and oxygen atoms in total. The summed E-state index contributed by atoms with van der Waals surface area (Å²) in [6.07, 6.45) is -0.154. The van der Waals surface area contributed by atoms with E-state index in [2.05, 4.69) is 27.3 Å². The molecule has 324 valence electrons. The van der Waals surface area contributed by atoms with Crippen LogP contribution in [-0.4, -0.2) is 93.2 Å². The number of hydrogen-bond acceptors (Lipinski definition) is 7. The van der Waals surface area contributed by atoms with Gasteiger partial charge in [-0.15, -0.1) is 0 Å². The molecule has 5 rings (SSSR count). The first-order chi connectivity index (χ1) is 29.1. The average Bonchev–Trinajstić information content (AvgIpc) is 3.22. The molecule has 0 bridgehead atoms. The van der Waals surface area contributed by atoms with Crippen LogP contribution in [0.4, 0.5) is 4.79 Å². The summed E-state index contributed by atoms with van der Waals surface area (Å²) in [4.78, 5) is 99.5. The number of rotatable bonds is 20. The Kier molecular flexibility index (Phi) is 16.2. The number of carbonyl (C=O) groups is 6. The molecule has 4 aromatic rings. The van der Waals surface area contributed by atoms with E-state index in [1.165, 1.54) is 17.0 Å². The molecule has 0 aromatic heterocycles. The number of likely N-dealkylation sites (tertiary alicyclic amines) is 1. The van der Waals surface area contributed by atoms with Crippen molar-refractivity contribution in [2.75, 3.05) is 26.2 Å². The standard InChI is InChI=1S/C44H53N6O10P/c45-38(51)28-37(41(55)46-21-6-9-31-16-17-34-10-4-5-11-35(34)25-31)48-42(56)44(19-23-50(24-20-44)43(57)47-22-18-30-7-2-1-3-8-30)49-40(54)36(27-39(52)53)26-32-12-14-33(15-13-32)29-61(58,59)60/h1-5,7-8,10-17,25,36-37H,6,9,18-24,26-29H2,(H2,45,51)(H,46,55)(H,47,57)(H,48,56)(H,49,54)(H,52,53)(H2,58,59,60)/t36-,37+/m1/s1. The van der Waals surface area contributed by atoms with Crippen LogP contribution in [0, 0.1) is 5.92 Å². The number of nitrogens with one attached hydrogen (secondary N) is 4. The number of hydrogen-bond donors (Lipinski definition) is 8. The van der Waals surface area contributed by atoms with Crippen LogP contribution in [0.3, 0.4) is 0 Å². The minimum absolute atomic E-state index is 0.0109. The van der Waals surface area contributed by atoms with Crippen molar-refractivity contribution in [3.63, 3.8) is 0 Å². The smallest absolute Gasteiger partial charge is 0.329 e. The highest BCUT2D eigenvalue weighted by molar-refractivity contribution is 7.50. The third kappa shape index (κ3) is 14.3. The van der Waals surface area contributed by atoms with Crippen molar-refractivity contribution in [3.8, 4) is 0 Å². The number of primary amides is 1. The molecule has 0 aliphatic carbocycles. The average molecular weight is 857 g/mol. The van der Waals surface area contributed by atoms with E-state index in [-0.39, 0.29) is 44.9 Å². The van der Waals surface area contributed by atoms with Crippen molar-refractivity contribution in [2.45, 2.75) is 69.1 Å². The number of fused-ring (bicyclic) bond motifs is 1. The van der Waals surface area contributed by atoms with Gasteiger partial charge in [0.1, 0.15) is 11.6 Å². The number of amides is 6. The van der Waals surface area contributed by atoms with Gasteiger partial charge in [0.05, 0.1) is 24.9 Å². The summed E-state index contributed by atoms with van der Waals surface area (Å²) in [7, 11) is -4.34. The maximum atomic E-state index is 14.4. The number of nitrogens with zero attached hydrogens (tertiary/aromatic N) is 1. The Morgan fingerprint density at radius 3 is 2.02 bits per heavy atom. The second kappa shape index (κ2) is 21.4. The molecule has 0 unspecified atom stereocenters. The van der Waals surface area contributed by atoms with Gasteiger partial charge < -0.3 is 46.8 Å². The highest BCUT2D eigenvalue weighted by atomic mass is 31.2. The summed E-state index contributed by atoms with van der Waals surface area (Å²) in [5.41, 5.74) is 6.75. The Balaban J connectivity index is 1.29. The highest BCUT2D eigenvalue weighted by Gasteiger charge is 2.46. The molecule has 1 fully saturated rings. The molecule has 0 spiro atoms. The lowest BCUT2D eigenvalue weighted by Crippen LogP contribution is -2.67. The molecule has 0 radical (unpaired) electrons. The van der Waals surface area contributed by atoms with E-state index in [1.807, 2.05) is 66.7 Å². The molecule has 61 heavy (non-hydrogen) atoms. The van der Waals surface area contributed by atoms with Crippen LogP contribution >= 0.6 is 7.60 Å². The van der Waals surface area contributed by atoms with Gasteiger partial charge in [-0.05, 0) is 71.6 Å². The lowest BCUT2D eigenvalue weighted by molar-refractivity contribution is -0.143. The number of carboxylic acid groups (broad SMARTS) is 1. The fraction of sp³-hybridized carbons (Fsp3) is 0.364. The Morgan fingerprint density at radius 2 is 1.36 bits per heavy atom. The van der Waals surface area contributed by atoms with Crippen LogP contribution in [0.5, 0.6) is 0 Å². The highest BCUT2D eigenvalue weighted by Crippen LogP contribution is 2.39. The van der Waals surface area contributed by atoms with Gasteiger partial charge in [0.15, 0.2) is 0 Å². The second-order valence-electron chi connectivity index (χ2n) is 15.4. The SMILES string of the molecule is NC(=O)C[C@H](NC(=O)C1(NC(=O)[C@@H](CC(=O)O)Cc2ccc(CP(=O)(O)O)cc2)CCN(C(=O)NCCc2ccccc2)CC1)C(=O)NCCCc1ccc2ccccc2c1. The van der Waals surface area contributed by atoms with Gasteiger partial charge in [0.2, 0.25) is 23.6 Å². The second-order valence-corrected chi connectivity index (χ2v) is 17.1. The molecule has 1 saturated heterocycles. The summed E-state index contributed by atoms with van der Waals surface area (Å²) in [5.74, 6) is -5.57. The normalized spacial score (nSPS) is 14.6. The molecule has 0 saturated carbocycles.